The standard InChI is InChI=1S/C17H18ClN3S/c1-3-15-20-16(14-10-11(2)22-17(14)21-15)19-9-8-12-4-6-13(18)7-5-12/h4-7,10H,3,8-9H2,1-2H3,(H,19,20,21). The van der Waals surface area contributed by atoms with E-state index in [1.165, 1.54) is 10.4 Å². The Morgan fingerprint density at radius 1 is 1.18 bits per heavy atom. The molecule has 3 nitrogen and oxygen atoms in total. The fourth-order valence-corrected chi connectivity index (χ4v) is 3.38. The third-order valence-electron chi connectivity index (χ3n) is 3.50. The van der Waals surface area contributed by atoms with Gasteiger partial charge in [0, 0.05) is 22.9 Å². The molecule has 114 valence electrons. The maximum atomic E-state index is 5.91. The summed E-state index contributed by atoms with van der Waals surface area (Å²) in [5.74, 6) is 1.84. The predicted octanol–water partition coefficient (Wildman–Crippen LogP) is 4.87. The van der Waals surface area contributed by atoms with E-state index in [9.17, 15) is 0 Å². The van der Waals surface area contributed by atoms with Gasteiger partial charge in [0.05, 0.1) is 5.39 Å². The number of anilines is 1. The van der Waals surface area contributed by atoms with Crippen LogP contribution in [0.2, 0.25) is 5.02 Å². The lowest BCUT2D eigenvalue weighted by Gasteiger charge is -2.08. The normalized spacial score (nSPS) is 11.0. The Morgan fingerprint density at radius 3 is 2.68 bits per heavy atom. The molecule has 2 aromatic heterocycles. The van der Waals surface area contributed by atoms with Gasteiger partial charge in [0.2, 0.25) is 0 Å². The minimum absolute atomic E-state index is 0.774. The molecule has 0 aliphatic rings. The zero-order valence-corrected chi connectivity index (χ0v) is 14.3. The van der Waals surface area contributed by atoms with E-state index in [0.717, 1.165) is 46.3 Å². The number of halogens is 1. The summed E-state index contributed by atoms with van der Waals surface area (Å²) in [4.78, 5) is 11.6. The van der Waals surface area contributed by atoms with E-state index in [4.69, 9.17) is 11.6 Å². The molecule has 5 heteroatoms. The zero-order valence-electron chi connectivity index (χ0n) is 12.7. The van der Waals surface area contributed by atoms with Crippen LogP contribution in [0.4, 0.5) is 5.82 Å². The number of benzene rings is 1. The van der Waals surface area contributed by atoms with Gasteiger partial charge in [-0.15, -0.1) is 11.3 Å². The minimum atomic E-state index is 0.774. The second kappa shape index (κ2) is 6.63. The summed E-state index contributed by atoms with van der Waals surface area (Å²) < 4.78 is 0. The van der Waals surface area contributed by atoms with Crippen molar-refractivity contribution < 1.29 is 0 Å². The molecule has 0 radical (unpaired) electrons. The molecule has 22 heavy (non-hydrogen) atoms. The second-order valence-corrected chi connectivity index (χ2v) is 6.89. The molecule has 0 aliphatic heterocycles. The van der Waals surface area contributed by atoms with Crippen molar-refractivity contribution in [1.82, 2.24) is 9.97 Å². The van der Waals surface area contributed by atoms with Crippen LogP contribution in [-0.2, 0) is 12.8 Å². The topological polar surface area (TPSA) is 37.8 Å². The summed E-state index contributed by atoms with van der Waals surface area (Å²) in [6.07, 6.45) is 1.78. The molecule has 0 saturated heterocycles. The molecule has 3 aromatic rings. The third kappa shape index (κ3) is 3.39. The lowest BCUT2D eigenvalue weighted by atomic mass is 10.1. The van der Waals surface area contributed by atoms with Crippen LogP contribution in [0.3, 0.4) is 0 Å². The number of hydrogen-bond donors (Lipinski definition) is 1. The van der Waals surface area contributed by atoms with E-state index in [0.29, 0.717) is 0 Å². The van der Waals surface area contributed by atoms with Gasteiger partial charge in [0.1, 0.15) is 16.5 Å². The molecule has 0 saturated carbocycles. The zero-order chi connectivity index (χ0) is 15.5. The summed E-state index contributed by atoms with van der Waals surface area (Å²) in [6.45, 7) is 5.03. The van der Waals surface area contributed by atoms with Gasteiger partial charge in [-0.25, -0.2) is 9.97 Å². The number of thiophene rings is 1. The van der Waals surface area contributed by atoms with Gasteiger partial charge >= 0.3 is 0 Å². The van der Waals surface area contributed by atoms with Crippen molar-refractivity contribution in [3.05, 3.63) is 51.6 Å². The first-order chi connectivity index (χ1) is 10.7. The Labute approximate surface area is 139 Å². The summed E-state index contributed by atoms with van der Waals surface area (Å²) in [6, 6.07) is 10.1. The maximum Gasteiger partial charge on any atom is 0.138 e. The molecular formula is C17H18ClN3S. The van der Waals surface area contributed by atoms with Crippen molar-refractivity contribution in [2.45, 2.75) is 26.7 Å². The van der Waals surface area contributed by atoms with Crippen LogP contribution < -0.4 is 5.32 Å². The Balaban J connectivity index is 1.76. The van der Waals surface area contributed by atoms with Gasteiger partial charge in [0.15, 0.2) is 0 Å². The van der Waals surface area contributed by atoms with Crippen LogP contribution in [-0.4, -0.2) is 16.5 Å². The average Bonchev–Trinajstić information content (AvgIpc) is 2.89. The van der Waals surface area contributed by atoms with Crippen LogP contribution in [0.15, 0.2) is 30.3 Å². The van der Waals surface area contributed by atoms with Crippen molar-refractivity contribution >= 4 is 39.0 Å². The van der Waals surface area contributed by atoms with Crippen molar-refractivity contribution in [2.75, 3.05) is 11.9 Å². The smallest absolute Gasteiger partial charge is 0.138 e. The van der Waals surface area contributed by atoms with Gasteiger partial charge in [0.25, 0.3) is 0 Å². The molecule has 3 rings (SSSR count). The van der Waals surface area contributed by atoms with Crippen LogP contribution >= 0.6 is 22.9 Å². The van der Waals surface area contributed by atoms with E-state index in [-0.39, 0.29) is 0 Å². The lowest BCUT2D eigenvalue weighted by Crippen LogP contribution is -2.08. The Kier molecular flexibility index (Phi) is 4.60. The van der Waals surface area contributed by atoms with Crippen molar-refractivity contribution in [2.24, 2.45) is 0 Å². The molecule has 1 N–H and O–H groups in total. The van der Waals surface area contributed by atoms with Gasteiger partial charge in [-0.1, -0.05) is 30.7 Å². The highest BCUT2D eigenvalue weighted by Crippen LogP contribution is 2.28. The maximum absolute atomic E-state index is 5.91. The van der Waals surface area contributed by atoms with Gasteiger partial charge < -0.3 is 5.32 Å². The predicted molar refractivity (Wildman–Crippen MR) is 95.2 cm³/mol. The Bertz CT molecular complexity index is 780. The molecular weight excluding hydrogens is 314 g/mol. The molecule has 2 heterocycles. The van der Waals surface area contributed by atoms with E-state index >= 15 is 0 Å². The molecule has 0 unspecified atom stereocenters. The fraction of sp³-hybridized carbons (Fsp3) is 0.294. The molecule has 0 aliphatic carbocycles. The number of fused-ring (bicyclic) bond motifs is 1. The van der Waals surface area contributed by atoms with Crippen LogP contribution in [0.25, 0.3) is 10.2 Å². The summed E-state index contributed by atoms with van der Waals surface area (Å²) in [7, 11) is 0. The second-order valence-electron chi connectivity index (χ2n) is 5.22. The number of aryl methyl sites for hydroxylation is 2. The largest absolute Gasteiger partial charge is 0.369 e. The highest BCUT2D eigenvalue weighted by Gasteiger charge is 2.09. The number of hydrogen-bond acceptors (Lipinski definition) is 4. The quantitative estimate of drug-likeness (QED) is 0.724. The molecule has 1 aromatic carbocycles. The van der Waals surface area contributed by atoms with Gasteiger partial charge in [-0.3, -0.25) is 0 Å². The summed E-state index contributed by atoms with van der Waals surface area (Å²) >= 11 is 7.63. The molecule has 0 spiro atoms. The first kappa shape index (κ1) is 15.3. The highest BCUT2D eigenvalue weighted by atomic mass is 35.5. The third-order valence-corrected chi connectivity index (χ3v) is 4.69. The lowest BCUT2D eigenvalue weighted by molar-refractivity contribution is 0.946. The minimum Gasteiger partial charge on any atom is -0.369 e. The molecule has 0 atom stereocenters. The molecule has 0 bridgehead atoms. The summed E-state index contributed by atoms with van der Waals surface area (Å²) in [5.41, 5.74) is 1.26. The first-order valence-corrected chi connectivity index (χ1v) is 8.60. The van der Waals surface area contributed by atoms with E-state index in [1.54, 1.807) is 11.3 Å². The molecule has 0 fully saturated rings. The SMILES string of the molecule is CCc1nc(NCCc2ccc(Cl)cc2)c2cc(C)sc2n1. The van der Waals surface area contributed by atoms with Gasteiger partial charge in [-0.05, 0) is 37.1 Å². The monoisotopic (exact) mass is 331 g/mol. The molecule has 0 amide bonds. The number of rotatable bonds is 5. The van der Waals surface area contributed by atoms with Crippen LogP contribution in [0, 0.1) is 6.92 Å². The van der Waals surface area contributed by atoms with Crippen molar-refractivity contribution in [3.8, 4) is 0 Å². The van der Waals surface area contributed by atoms with Crippen molar-refractivity contribution in [3.63, 3.8) is 0 Å². The van der Waals surface area contributed by atoms with Crippen molar-refractivity contribution in [1.29, 1.82) is 0 Å². The van der Waals surface area contributed by atoms with E-state index in [2.05, 4.69) is 47.3 Å². The van der Waals surface area contributed by atoms with Crippen LogP contribution in [0.5, 0.6) is 0 Å². The Hall–Kier alpha value is -1.65. The van der Waals surface area contributed by atoms with E-state index < -0.39 is 0 Å². The number of nitrogens with one attached hydrogen (secondary N) is 1. The van der Waals surface area contributed by atoms with E-state index in [1.807, 2.05) is 12.1 Å². The highest BCUT2D eigenvalue weighted by molar-refractivity contribution is 7.18. The summed E-state index contributed by atoms with van der Waals surface area (Å²) in [5, 5.41) is 5.36. The number of aromatic nitrogens is 2. The fourth-order valence-electron chi connectivity index (χ4n) is 2.36. The number of nitrogens with zero attached hydrogens (tertiary/aromatic N) is 2. The Morgan fingerprint density at radius 2 is 1.95 bits per heavy atom. The average molecular weight is 332 g/mol. The van der Waals surface area contributed by atoms with Crippen LogP contribution in [0.1, 0.15) is 23.2 Å². The van der Waals surface area contributed by atoms with Gasteiger partial charge in [-0.2, -0.15) is 0 Å². The first-order valence-electron chi connectivity index (χ1n) is 7.41.